The first-order chi connectivity index (χ1) is 14.2. The summed E-state index contributed by atoms with van der Waals surface area (Å²) in [6.45, 7) is 0. The zero-order valence-corrected chi connectivity index (χ0v) is 17.6. The zero-order valence-electron chi connectivity index (χ0n) is 16.0. The number of benzene rings is 1. The number of hydrogen-bond donors (Lipinski definition) is 1. The second-order valence-electron chi connectivity index (χ2n) is 7.75. The Bertz CT molecular complexity index is 995. The highest BCUT2D eigenvalue weighted by molar-refractivity contribution is 7.80. The van der Waals surface area contributed by atoms with Gasteiger partial charge in [0.15, 0.2) is 5.11 Å². The second kappa shape index (κ2) is 7.81. The van der Waals surface area contributed by atoms with E-state index >= 15 is 0 Å². The third-order valence-electron chi connectivity index (χ3n) is 6.04. The van der Waals surface area contributed by atoms with E-state index in [0.29, 0.717) is 11.2 Å². The van der Waals surface area contributed by atoms with Gasteiger partial charge in [0.05, 0.1) is 11.7 Å². The minimum atomic E-state index is -0.0190. The Hall–Kier alpha value is -2.37. The predicted octanol–water partition coefficient (Wildman–Crippen LogP) is 5.83. The van der Waals surface area contributed by atoms with Gasteiger partial charge in [0.25, 0.3) is 0 Å². The SMILES string of the molecule is S=C1N[C@@H](c2ccccn2)[C@H](c2cccn2C2CCCC2)N1c1ccc(Cl)cc1. The van der Waals surface area contributed by atoms with Crippen molar-refractivity contribution in [2.75, 3.05) is 4.90 Å². The van der Waals surface area contributed by atoms with Crippen molar-refractivity contribution < 1.29 is 0 Å². The lowest BCUT2D eigenvalue weighted by atomic mass is 10.0. The second-order valence-corrected chi connectivity index (χ2v) is 8.57. The number of nitrogens with one attached hydrogen (secondary N) is 1. The third-order valence-corrected chi connectivity index (χ3v) is 6.60. The molecule has 1 aliphatic heterocycles. The molecule has 1 N–H and O–H groups in total. The summed E-state index contributed by atoms with van der Waals surface area (Å²) < 4.78 is 2.46. The summed E-state index contributed by atoms with van der Waals surface area (Å²) in [5, 5.41) is 4.97. The van der Waals surface area contributed by atoms with Crippen molar-refractivity contribution in [1.29, 1.82) is 0 Å². The molecule has 1 saturated carbocycles. The average Bonchev–Trinajstić information content (AvgIpc) is 3.48. The number of nitrogens with zero attached hydrogens (tertiary/aromatic N) is 3. The Kier molecular flexibility index (Phi) is 5.02. The van der Waals surface area contributed by atoms with Gasteiger partial charge in [0.1, 0.15) is 6.04 Å². The summed E-state index contributed by atoms with van der Waals surface area (Å²) in [6, 6.07) is 18.9. The molecule has 3 heterocycles. The van der Waals surface area contributed by atoms with E-state index in [0.717, 1.165) is 16.4 Å². The summed E-state index contributed by atoms with van der Waals surface area (Å²) in [5.74, 6) is 0. The van der Waals surface area contributed by atoms with Crippen molar-refractivity contribution in [2.24, 2.45) is 0 Å². The smallest absolute Gasteiger partial charge is 0.174 e. The first-order valence-corrected chi connectivity index (χ1v) is 10.9. The van der Waals surface area contributed by atoms with Crippen molar-refractivity contribution in [3.63, 3.8) is 0 Å². The van der Waals surface area contributed by atoms with Crippen LogP contribution in [0.2, 0.25) is 5.02 Å². The number of aromatic nitrogens is 2. The largest absolute Gasteiger partial charge is 0.351 e. The molecule has 1 saturated heterocycles. The van der Waals surface area contributed by atoms with Crippen LogP contribution >= 0.6 is 23.8 Å². The highest BCUT2D eigenvalue weighted by Crippen LogP contribution is 2.43. The molecule has 0 unspecified atom stereocenters. The number of thiocarbonyl (C=S) groups is 1. The molecule has 0 spiro atoms. The van der Waals surface area contributed by atoms with Crippen molar-refractivity contribution >= 4 is 34.6 Å². The molecule has 1 aromatic carbocycles. The molecule has 3 aromatic rings. The number of halogens is 1. The van der Waals surface area contributed by atoms with Crippen LogP contribution in [0.25, 0.3) is 0 Å². The van der Waals surface area contributed by atoms with Gasteiger partial charge in [-0.2, -0.15) is 0 Å². The van der Waals surface area contributed by atoms with Gasteiger partial charge in [-0.15, -0.1) is 0 Å². The molecule has 2 aromatic heterocycles. The molecule has 2 aliphatic rings. The molecule has 1 aliphatic carbocycles. The molecule has 6 heteroatoms. The van der Waals surface area contributed by atoms with Gasteiger partial charge in [-0.25, -0.2) is 0 Å². The topological polar surface area (TPSA) is 33.1 Å². The van der Waals surface area contributed by atoms with Gasteiger partial charge in [0.2, 0.25) is 0 Å². The normalized spacial score (nSPS) is 22.2. The quantitative estimate of drug-likeness (QED) is 0.536. The van der Waals surface area contributed by atoms with Crippen molar-refractivity contribution in [3.05, 3.63) is 83.4 Å². The lowest BCUT2D eigenvalue weighted by Crippen LogP contribution is -2.30. The standard InChI is InChI=1S/C23H23ClN4S/c24-16-10-12-18(13-11-16)28-22(20-9-5-15-27(20)17-6-1-2-7-17)21(26-23(28)29)19-8-3-4-14-25-19/h3-5,8-15,17,21-22H,1-2,6-7H2,(H,26,29)/t21-,22-/m0/s1. The maximum absolute atomic E-state index is 6.15. The highest BCUT2D eigenvalue weighted by atomic mass is 35.5. The van der Waals surface area contributed by atoms with E-state index in [-0.39, 0.29) is 12.1 Å². The molecular formula is C23H23ClN4S. The van der Waals surface area contributed by atoms with Crippen LogP contribution in [0.4, 0.5) is 5.69 Å². The van der Waals surface area contributed by atoms with Crippen LogP contribution in [0.1, 0.15) is 55.2 Å². The summed E-state index contributed by atoms with van der Waals surface area (Å²) in [7, 11) is 0. The maximum Gasteiger partial charge on any atom is 0.174 e. The molecule has 29 heavy (non-hydrogen) atoms. The van der Waals surface area contributed by atoms with Gasteiger partial charge in [0, 0.05) is 34.8 Å². The lowest BCUT2D eigenvalue weighted by molar-refractivity contribution is 0.461. The number of rotatable bonds is 4. The fourth-order valence-electron chi connectivity index (χ4n) is 4.71. The van der Waals surface area contributed by atoms with E-state index in [1.165, 1.54) is 31.4 Å². The molecule has 2 fully saturated rings. The van der Waals surface area contributed by atoms with E-state index in [1.54, 1.807) is 0 Å². The first kappa shape index (κ1) is 18.6. The molecule has 0 amide bonds. The van der Waals surface area contributed by atoms with E-state index in [9.17, 15) is 0 Å². The molecule has 148 valence electrons. The van der Waals surface area contributed by atoms with E-state index in [4.69, 9.17) is 23.8 Å². The lowest BCUT2D eigenvalue weighted by Gasteiger charge is -2.30. The van der Waals surface area contributed by atoms with Crippen LogP contribution in [-0.2, 0) is 0 Å². The first-order valence-electron chi connectivity index (χ1n) is 10.2. The summed E-state index contributed by atoms with van der Waals surface area (Å²) >= 11 is 12.0. The van der Waals surface area contributed by atoms with Gasteiger partial charge < -0.3 is 14.8 Å². The average molecular weight is 423 g/mol. The summed E-state index contributed by atoms with van der Waals surface area (Å²) in [4.78, 5) is 6.86. The molecular weight excluding hydrogens is 400 g/mol. The van der Waals surface area contributed by atoms with Crippen molar-refractivity contribution in [2.45, 2.75) is 43.8 Å². The molecule has 0 bridgehead atoms. The Morgan fingerprint density at radius 2 is 1.79 bits per heavy atom. The van der Waals surface area contributed by atoms with Crippen LogP contribution < -0.4 is 10.2 Å². The number of pyridine rings is 1. The molecule has 4 nitrogen and oxygen atoms in total. The number of anilines is 1. The minimum Gasteiger partial charge on any atom is -0.351 e. The fraction of sp³-hybridized carbons (Fsp3) is 0.304. The van der Waals surface area contributed by atoms with Crippen LogP contribution in [0, 0.1) is 0 Å². The zero-order chi connectivity index (χ0) is 19.8. The van der Waals surface area contributed by atoms with E-state index in [1.807, 2.05) is 42.6 Å². The Morgan fingerprint density at radius 1 is 1.00 bits per heavy atom. The maximum atomic E-state index is 6.15. The van der Waals surface area contributed by atoms with Gasteiger partial charge in [-0.3, -0.25) is 4.98 Å². The number of hydrogen-bond acceptors (Lipinski definition) is 2. The Labute approximate surface area is 181 Å². The minimum absolute atomic E-state index is 0.0190. The molecule has 5 rings (SSSR count). The molecule has 0 radical (unpaired) electrons. The van der Waals surface area contributed by atoms with Crippen molar-refractivity contribution in [1.82, 2.24) is 14.9 Å². The predicted molar refractivity (Wildman–Crippen MR) is 121 cm³/mol. The van der Waals surface area contributed by atoms with Gasteiger partial charge >= 0.3 is 0 Å². The monoisotopic (exact) mass is 422 g/mol. The molecule has 2 atom stereocenters. The van der Waals surface area contributed by atoms with Crippen LogP contribution in [0.5, 0.6) is 0 Å². The third kappa shape index (κ3) is 3.43. The van der Waals surface area contributed by atoms with E-state index in [2.05, 4.69) is 44.2 Å². The fourth-order valence-corrected chi connectivity index (χ4v) is 5.18. The van der Waals surface area contributed by atoms with Gasteiger partial charge in [-0.1, -0.05) is 30.5 Å². The summed E-state index contributed by atoms with van der Waals surface area (Å²) in [5.41, 5.74) is 3.31. The van der Waals surface area contributed by atoms with Crippen LogP contribution in [0.15, 0.2) is 67.0 Å². The summed E-state index contributed by atoms with van der Waals surface area (Å²) in [6.07, 6.45) is 9.14. The highest BCUT2D eigenvalue weighted by Gasteiger charge is 2.42. The Morgan fingerprint density at radius 3 is 2.52 bits per heavy atom. The van der Waals surface area contributed by atoms with Gasteiger partial charge in [-0.05, 0) is 73.6 Å². The van der Waals surface area contributed by atoms with Crippen LogP contribution in [-0.4, -0.2) is 14.7 Å². The van der Waals surface area contributed by atoms with Crippen LogP contribution in [0.3, 0.4) is 0 Å². The van der Waals surface area contributed by atoms with E-state index < -0.39 is 0 Å². The Balaban J connectivity index is 1.62. The van der Waals surface area contributed by atoms with Crippen molar-refractivity contribution in [3.8, 4) is 0 Å².